The quantitative estimate of drug-likeness (QED) is 0.243. The van der Waals surface area contributed by atoms with Crippen LogP contribution >= 0.6 is 0 Å². The second kappa shape index (κ2) is 5.70. The number of non-ortho nitro benzene ring substituents is 1. The number of nitrogens with zero attached hydrogens (tertiary/aromatic N) is 2. The van der Waals surface area contributed by atoms with E-state index in [-0.39, 0.29) is 5.69 Å². The van der Waals surface area contributed by atoms with Crippen LogP contribution in [-0.2, 0) is 0 Å². The molecule has 0 atom stereocenters. The first-order valence-corrected chi connectivity index (χ1v) is 4.59. The zero-order chi connectivity index (χ0) is 11.1. The third kappa shape index (κ3) is 3.72. The topological polar surface area (TPSA) is 55.5 Å². The summed E-state index contributed by atoms with van der Waals surface area (Å²) >= 11 is 0. The summed E-state index contributed by atoms with van der Waals surface area (Å²) in [6.45, 7) is 4.28. The molecule has 1 aromatic rings. The number of nitro benzene ring substituents is 1. The van der Waals surface area contributed by atoms with Crippen molar-refractivity contribution in [1.82, 2.24) is 0 Å². The molecule has 0 aliphatic carbocycles. The third-order valence-corrected chi connectivity index (χ3v) is 1.81. The van der Waals surface area contributed by atoms with Gasteiger partial charge in [0.15, 0.2) is 0 Å². The zero-order valence-electron chi connectivity index (χ0n) is 8.30. The molecule has 0 radical (unpaired) electrons. The molecule has 0 spiro atoms. The molecule has 15 heavy (non-hydrogen) atoms. The van der Waals surface area contributed by atoms with Gasteiger partial charge in [-0.1, -0.05) is 6.08 Å². The fraction of sp³-hybridized carbons (Fsp3) is 0.182. The van der Waals surface area contributed by atoms with Crippen LogP contribution in [0.15, 0.2) is 41.9 Å². The fourth-order valence-electron chi connectivity index (χ4n) is 1.02. The largest absolute Gasteiger partial charge is 0.292 e. The Morgan fingerprint density at radius 3 is 2.60 bits per heavy atom. The van der Waals surface area contributed by atoms with E-state index < -0.39 is 4.92 Å². The summed E-state index contributed by atoms with van der Waals surface area (Å²) in [6, 6.07) is 6.29. The summed E-state index contributed by atoms with van der Waals surface area (Å²) < 4.78 is 0. The lowest BCUT2D eigenvalue weighted by Crippen LogP contribution is -1.88. The SMILES string of the molecule is C=CCCN=Cc1ccc([N+](=O)[O-])cc1. The lowest BCUT2D eigenvalue weighted by Gasteiger charge is -1.93. The maximum atomic E-state index is 10.4. The van der Waals surface area contributed by atoms with Crippen LogP contribution in [0.5, 0.6) is 0 Å². The Balaban J connectivity index is 2.60. The summed E-state index contributed by atoms with van der Waals surface area (Å²) in [5, 5.41) is 10.4. The summed E-state index contributed by atoms with van der Waals surface area (Å²) in [5.41, 5.74) is 0.961. The minimum atomic E-state index is -0.418. The van der Waals surface area contributed by atoms with E-state index in [1.165, 1.54) is 12.1 Å². The Morgan fingerprint density at radius 1 is 1.40 bits per heavy atom. The molecule has 0 unspecified atom stereocenters. The molecular formula is C11H12N2O2. The highest BCUT2D eigenvalue weighted by atomic mass is 16.6. The molecule has 78 valence electrons. The van der Waals surface area contributed by atoms with Gasteiger partial charge in [-0.25, -0.2) is 0 Å². The molecule has 0 aliphatic rings. The van der Waals surface area contributed by atoms with Crippen molar-refractivity contribution in [2.45, 2.75) is 6.42 Å². The number of hydrogen-bond acceptors (Lipinski definition) is 3. The molecule has 0 saturated heterocycles. The number of hydrogen-bond donors (Lipinski definition) is 0. The van der Waals surface area contributed by atoms with Gasteiger partial charge in [-0.2, -0.15) is 0 Å². The van der Waals surface area contributed by atoms with Crippen LogP contribution in [0, 0.1) is 10.1 Å². The highest BCUT2D eigenvalue weighted by Gasteiger charge is 2.01. The molecule has 0 bridgehead atoms. The van der Waals surface area contributed by atoms with Gasteiger partial charge in [0.2, 0.25) is 0 Å². The Morgan fingerprint density at radius 2 is 2.07 bits per heavy atom. The molecule has 0 amide bonds. The van der Waals surface area contributed by atoms with Gasteiger partial charge in [-0.05, 0) is 24.1 Å². The molecule has 0 fully saturated rings. The Kier molecular flexibility index (Phi) is 4.22. The summed E-state index contributed by atoms with van der Waals surface area (Å²) in [6.07, 6.45) is 4.34. The van der Waals surface area contributed by atoms with Gasteiger partial charge in [0, 0.05) is 24.9 Å². The smallest absolute Gasteiger partial charge is 0.269 e. The van der Waals surface area contributed by atoms with Gasteiger partial charge in [0.25, 0.3) is 5.69 Å². The Bertz CT molecular complexity index is 369. The first-order chi connectivity index (χ1) is 7.24. The summed E-state index contributed by atoms with van der Waals surface area (Å²) in [4.78, 5) is 14.1. The minimum absolute atomic E-state index is 0.0956. The molecule has 4 nitrogen and oxygen atoms in total. The normalized spacial score (nSPS) is 10.4. The van der Waals surface area contributed by atoms with Gasteiger partial charge in [0.1, 0.15) is 0 Å². The van der Waals surface area contributed by atoms with Crippen molar-refractivity contribution >= 4 is 11.9 Å². The van der Waals surface area contributed by atoms with Gasteiger partial charge in [0.05, 0.1) is 4.92 Å². The average Bonchev–Trinajstić information content (AvgIpc) is 2.25. The van der Waals surface area contributed by atoms with E-state index >= 15 is 0 Å². The van der Waals surface area contributed by atoms with Crippen LogP contribution in [0.25, 0.3) is 0 Å². The minimum Gasteiger partial charge on any atom is -0.292 e. The van der Waals surface area contributed by atoms with E-state index in [2.05, 4.69) is 11.6 Å². The molecule has 0 aromatic heterocycles. The first-order valence-electron chi connectivity index (χ1n) is 4.59. The van der Waals surface area contributed by atoms with E-state index in [9.17, 15) is 10.1 Å². The van der Waals surface area contributed by atoms with Crippen molar-refractivity contribution in [3.8, 4) is 0 Å². The van der Waals surface area contributed by atoms with Crippen molar-refractivity contribution in [3.05, 3.63) is 52.6 Å². The van der Waals surface area contributed by atoms with Crippen LogP contribution in [0.2, 0.25) is 0 Å². The molecule has 1 rings (SSSR count). The van der Waals surface area contributed by atoms with Crippen LogP contribution in [0.3, 0.4) is 0 Å². The molecule has 0 aliphatic heterocycles. The van der Waals surface area contributed by atoms with Crippen molar-refractivity contribution in [2.75, 3.05) is 6.54 Å². The number of rotatable bonds is 5. The van der Waals surface area contributed by atoms with E-state index in [0.29, 0.717) is 6.54 Å². The second-order valence-corrected chi connectivity index (χ2v) is 2.96. The van der Waals surface area contributed by atoms with Gasteiger partial charge in [-0.15, -0.1) is 6.58 Å². The fourth-order valence-corrected chi connectivity index (χ4v) is 1.02. The van der Waals surface area contributed by atoms with E-state index in [1.807, 2.05) is 0 Å². The van der Waals surface area contributed by atoms with Crippen molar-refractivity contribution in [2.24, 2.45) is 4.99 Å². The standard InChI is InChI=1S/C11H12N2O2/c1-2-3-8-12-9-10-4-6-11(7-5-10)13(14)15/h2,4-7,9H,1,3,8H2. The van der Waals surface area contributed by atoms with E-state index in [1.54, 1.807) is 24.4 Å². The highest BCUT2D eigenvalue weighted by Crippen LogP contribution is 2.10. The molecule has 0 N–H and O–H groups in total. The van der Waals surface area contributed by atoms with Crippen LogP contribution in [-0.4, -0.2) is 17.7 Å². The lowest BCUT2D eigenvalue weighted by molar-refractivity contribution is -0.384. The van der Waals surface area contributed by atoms with Crippen molar-refractivity contribution < 1.29 is 4.92 Å². The second-order valence-electron chi connectivity index (χ2n) is 2.96. The van der Waals surface area contributed by atoms with E-state index in [4.69, 9.17) is 0 Å². The van der Waals surface area contributed by atoms with Crippen molar-refractivity contribution in [1.29, 1.82) is 0 Å². The van der Waals surface area contributed by atoms with Crippen LogP contribution in [0.4, 0.5) is 5.69 Å². The Labute approximate surface area is 88.1 Å². The number of benzene rings is 1. The number of nitro groups is 1. The van der Waals surface area contributed by atoms with Crippen molar-refractivity contribution in [3.63, 3.8) is 0 Å². The molecule has 1 aromatic carbocycles. The summed E-state index contributed by atoms with van der Waals surface area (Å²) in [5.74, 6) is 0. The highest BCUT2D eigenvalue weighted by molar-refractivity contribution is 5.79. The maximum Gasteiger partial charge on any atom is 0.269 e. The summed E-state index contributed by atoms with van der Waals surface area (Å²) in [7, 11) is 0. The monoisotopic (exact) mass is 204 g/mol. The first kappa shape index (κ1) is 11.1. The van der Waals surface area contributed by atoms with Gasteiger partial charge < -0.3 is 0 Å². The molecule has 4 heteroatoms. The zero-order valence-corrected chi connectivity index (χ0v) is 8.30. The predicted molar refractivity (Wildman–Crippen MR) is 60.4 cm³/mol. The molecule has 0 heterocycles. The molecular weight excluding hydrogens is 192 g/mol. The third-order valence-electron chi connectivity index (χ3n) is 1.81. The Hall–Kier alpha value is -1.97. The number of aliphatic imine (C=N–C) groups is 1. The molecule has 0 saturated carbocycles. The van der Waals surface area contributed by atoms with Gasteiger partial charge >= 0.3 is 0 Å². The van der Waals surface area contributed by atoms with Crippen LogP contribution < -0.4 is 0 Å². The van der Waals surface area contributed by atoms with Crippen LogP contribution in [0.1, 0.15) is 12.0 Å². The lowest BCUT2D eigenvalue weighted by atomic mass is 10.2. The van der Waals surface area contributed by atoms with E-state index in [0.717, 1.165) is 12.0 Å². The maximum absolute atomic E-state index is 10.4. The van der Waals surface area contributed by atoms with Gasteiger partial charge in [-0.3, -0.25) is 15.1 Å². The predicted octanol–water partition coefficient (Wildman–Crippen LogP) is 2.59. The average molecular weight is 204 g/mol.